The second-order valence-electron chi connectivity index (χ2n) is 4.17. The molecule has 110 valence electrons. The molecule has 0 heterocycles. The Morgan fingerprint density at radius 3 is 2.80 bits per heavy atom. The molecule has 0 aromatic heterocycles. The molecule has 8 heteroatoms. The van der Waals surface area contributed by atoms with E-state index in [0.29, 0.717) is 13.1 Å². The zero-order valence-electron chi connectivity index (χ0n) is 10.9. The molecule has 1 amide bonds. The van der Waals surface area contributed by atoms with Gasteiger partial charge in [0.05, 0.1) is 11.0 Å². The molecule has 20 heavy (non-hydrogen) atoms. The van der Waals surface area contributed by atoms with E-state index in [0.717, 1.165) is 12.1 Å². The molecular formula is C12H16FN3O4. The Morgan fingerprint density at radius 1 is 1.50 bits per heavy atom. The number of aliphatic hydroxyl groups is 1. The van der Waals surface area contributed by atoms with E-state index >= 15 is 0 Å². The lowest BCUT2D eigenvalue weighted by Crippen LogP contribution is -2.32. The highest BCUT2D eigenvalue weighted by molar-refractivity contribution is 5.72. The smallest absolute Gasteiger partial charge is 0.305 e. The van der Waals surface area contributed by atoms with Crippen LogP contribution in [-0.2, 0) is 4.79 Å². The van der Waals surface area contributed by atoms with E-state index in [-0.39, 0.29) is 18.0 Å². The Hall–Kier alpha value is -2.06. The van der Waals surface area contributed by atoms with Crippen LogP contribution in [0.4, 0.5) is 10.1 Å². The first kappa shape index (κ1) is 16.0. The average Bonchev–Trinajstić information content (AvgIpc) is 2.37. The van der Waals surface area contributed by atoms with Crippen LogP contribution in [0.2, 0.25) is 0 Å². The maximum Gasteiger partial charge on any atom is 0.305 e. The third-order valence-electron chi connectivity index (χ3n) is 2.57. The molecule has 0 fully saturated rings. The van der Waals surface area contributed by atoms with E-state index in [9.17, 15) is 24.4 Å². The molecule has 0 bridgehead atoms. The Balaban J connectivity index is 2.51. The van der Waals surface area contributed by atoms with Gasteiger partial charge in [0.1, 0.15) is 0 Å². The number of nitro groups is 1. The molecule has 0 saturated heterocycles. The molecule has 1 rings (SSSR count). The van der Waals surface area contributed by atoms with Crippen molar-refractivity contribution in [3.63, 3.8) is 0 Å². The summed E-state index contributed by atoms with van der Waals surface area (Å²) in [6.45, 7) is 2.39. The van der Waals surface area contributed by atoms with E-state index < -0.39 is 22.5 Å². The largest absolute Gasteiger partial charge is 0.387 e. The topological polar surface area (TPSA) is 104 Å². The third kappa shape index (κ3) is 4.90. The molecule has 0 saturated carbocycles. The number of halogens is 1. The van der Waals surface area contributed by atoms with E-state index in [2.05, 4.69) is 10.6 Å². The van der Waals surface area contributed by atoms with Crippen molar-refractivity contribution in [2.75, 3.05) is 19.6 Å². The Bertz CT molecular complexity index is 496. The molecular weight excluding hydrogens is 269 g/mol. The number of carbonyl (C=O) groups excluding carboxylic acids is 1. The Labute approximate surface area is 114 Å². The molecule has 1 atom stereocenters. The van der Waals surface area contributed by atoms with Gasteiger partial charge in [-0.1, -0.05) is 6.07 Å². The van der Waals surface area contributed by atoms with Crippen molar-refractivity contribution >= 4 is 11.6 Å². The number of hydrogen-bond donors (Lipinski definition) is 3. The van der Waals surface area contributed by atoms with Crippen molar-refractivity contribution in [2.24, 2.45) is 0 Å². The van der Waals surface area contributed by atoms with Gasteiger partial charge < -0.3 is 15.7 Å². The van der Waals surface area contributed by atoms with E-state index in [4.69, 9.17) is 0 Å². The zero-order valence-corrected chi connectivity index (χ0v) is 10.9. The number of nitrogens with zero attached hydrogens (tertiary/aromatic N) is 1. The summed E-state index contributed by atoms with van der Waals surface area (Å²) < 4.78 is 13.1. The molecule has 0 aliphatic rings. The van der Waals surface area contributed by atoms with Crippen LogP contribution in [0.25, 0.3) is 0 Å². The number of aliphatic hydroxyl groups excluding tert-OH is 1. The quantitative estimate of drug-likeness (QED) is 0.384. The molecule has 7 nitrogen and oxygen atoms in total. The SMILES string of the molecule is CC(=O)NCCNCC(O)c1ccc(F)c([N+](=O)[O-])c1. The van der Waals surface area contributed by atoms with Crippen LogP contribution in [0.1, 0.15) is 18.6 Å². The van der Waals surface area contributed by atoms with E-state index in [1.807, 2.05) is 0 Å². The average molecular weight is 285 g/mol. The normalized spacial score (nSPS) is 11.9. The minimum atomic E-state index is -0.994. The molecule has 0 radical (unpaired) electrons. The van der Waals surface area contributed by atoms with Gasteiger partial charge in [-0.05, 0) is 11.6 Å². The maximum absolute atomic E-state index is 13.1. The van der Waals surface area contributed by atoms with Crippen molar-refractivity contribution in [3.8, 4) is 0 Å². The van der Waals surface area contributed by atoms with Crippen molar-refractivity contribution in [2.45, 2.75) is 13.0 Å². The van der Waals surface area contributed by atoms with Gasteiger partial charge in [0.15, 0.2) is 0 Å². The molecule has 1 unspecified atom stereocenters. The van der Waals surface area contributed by atoms with Gasteiger partial charge in [-0.2, -0.15) is 4.39 Å². The summed E-state index contributed by atoms with van der Waals surface area (Å²) in [5.74, 6) is -1.09. The lowest BCUT2D eigenvalue weighted by molar-refractivity contribution is -0.387. The number of nitrogens with one attached hydrogen (secondary N) is 2. The van der Waals surface area contributed by atoms with Crippen LogP contribution in [0.15, 0.2) is 18.2 Å². The second-order valence-corrected chi connectivity index (χ2v) is 4.17. The predicted octanol–water partition coefficient (Wildman–Crippen LogP) is 0.493. The first-order valence-corrected chi connectivity index (χ1v) is 5.99. The summed E-state index contributed by atoms with van der Waals surface area (Å²) >= 11 is 0. The van der Waals surface area contributed by atoms with Crippen LogP contribution < -0.4 is 10.6 Å². The highest BCUT2D eigenvalue weighted by atomic mass is 19.1. The summed E-state index contributed by atoms with van der Waals surface area (Å²) in [6.07, 6.45) is -0.994. The number of hydrogen-bond acceptors (Lipinski definition) is 5. The van der Waals surface area contributed by atoms with Crippen LogP contribution >= 0.6 is 0 Å². The second kappa shape index (κ2) is 7.51. The van der Waals surface area contributed by atoms with Gasteiger partial charge in [-0.25, -0.2) is 0 Å². The standard InChI is InChI=1S/C12H16FN3O4/c1-8(17)15-5-4-14-7-12(18)9-2-3-10(13)11(6-9)16(19)20/h2-3,6,12,14,18H,4-5,7H2,1H3,(H,15,17). The van der Waals surface area contributed by atoms with Crippen LogP contribution in [0, 0.1) is 15.9 Å². The Morgan fingerprint density at radius 2 is 2.20 bits per heavy atom. The fourth-order valence-corrected chi connectivity index (χ4v) is 1.56. The lowest BCUT2D eigenvalue weighted by atomic mass is 10.1. The number of amides is 1. The summed E-state index contributed by atoms with van der Waals surface area (Å²) in [6, 6.07) is 3.26. The molecule has 1 aromatic carbocycles. The van der Waals surface area contributed by atoms with E-state index in [1.54, 1.807) is 0 Å². The number of benzene rings is 1. The van der Waals surface area contributed by atoms with Gasteiger partial charge in [-0.15, -0.1) is 0 Å². The molecule has 0 spiro atoms. The molecule has 0 aliphatic carbocycles. The van der Waals surface area contributed by atoms with Crippen molar-refractivity contribution in [3.05, 3.63) is 39.7 Å². The van der Waals surface area contributed by atoms with Gasteiger partial charge in [0, 0.05) is 32.6 Å². The fourth-order valence-electron chi connectivity index (χ4n) is 1.56. The third-order valence-corrected chi connectivity index (χ3v) is 2.57. The Kier molecular flexibility index (Phi) is 6.01. The molecule has 3 N–H and O–H groups in total. The maximum atomic E-state index is 13.1. The minimum absolute atomic E-state index is 0.141. The van der Waals surface area contributed by atoms with Crippen molar-refractivity contribution in [1.82, 2.24) is 10.6 Å². The summed E-state index contributed by atoms with van der Waals surface area (Å²) in [5.41, 5.74) is -0.412. The highest BCUT2D eigenvalue weighted by Gasteiger charge is 2.17. The molecule has 1 aromatic rings. The van der Waals surface area contributed by atoms with Gasteiger partial charge in [0.25, 0.3) is 0 Å². The van der Waals surface area contributed by atoms with Crippen molar-refractivity contribution < 1.29 is 19.2 Å². The summed E-state index contributed by atoms with van der Waals surface area (Å²) in [4.78, 5) is 20.4. The van der Waals surface area contributed by atoms with Gasteiger partial charge in [-0.3, -0.25) is 14.9 Å². The fraction of sp³-hybridized carbons (Fsp3) is 0.417. The highest BCUT2D eigenvalue weighted by Crippen LogP contribution is 2.22. The molecule has 0 aliphatic heterocycles. The first-order valence-electron chi connectivity index (χ1n) is 5.99. The van der Waals surface area contributed by atoms with E-state index in [1.165, 1.54) is 13.0 Å². The van der Waals surface area contributed by atoms with Crippen molar-refractivity contribution in [1.29, 1.82) is 0 Å². The summed E-state index contributed by atoms with van der Waals surface area (Å²) in [7, 11) is 0. The minimum Gasteiger partial charge on any atom is -0.387 e. The lowest BCUT2D eigenvalue weighted by Gasteiger charge is -2.12. The monoisotopic (exact) mass is 285 g/mol. The van der Waals surface area contributed by atoms with Crippen LogP contribution in [0.5, 0.6) is 0 Å². The number of rotatable bonds is 7. The van der Waals surface area contributed by atoms with Crippen LogP contribution in [0.3, 0.4) is 0 Å². The van der Waals surface area contributed by atoms with Gasteiger partial charge >= 0.3 is 5.69 Å². The van der Waals surface area contributed by atoms with Crippen LogP contribution in [-0.4, -0.2) is 35.6 Å². The predicted molar refractivity (Wildman–Crippen MR) is 69.6 cm³/mol. The number of carbonyl (C=O) groups is 1. The number of nitro benzene ring substituents is 1. The first-order chi connectivity index (χ1) is 9.41. The van der Waals surface area contributed by atoms with Gasteiger partial charge in [0.2, 0.25) is 11.7 Å². The summed E-state index contributed by atoms with van der Waals surface area (Å²) in [5, 5.41) is 25.9. The zero-order chi connectivity index (χ0) is 15.1.